The first-order valence-electron chi connectivity index (χ1n) is 6.63. The number of benzene rings is 2. The van der Waals surface area contributed by atoms with Crippen molar-refractivity contribution < 1.29 is 4.42 Å². The minimum absolute atomic E-state index is 0.163. The number of halogens is 2. The lowest BCUT2D eigenvalue weighted by atomic mass is 10.1. The molecule has 4 rings (SSSR count). The molecular weight excluding hydrogens is 413 g/mol. The molecule has 2 aromatic heterocycles. The SMILES string of the molecule is O=c1cc(-c2cccc(I)c2)c2oc3ccc(Cl)cc3c2[nH]1. The van der Waals surface area contributed by atoms with E-state index in [0.29, 0.717) is 21.7 Å². The van der Waals surface area contributed by atoms with Gasteiger partial charge in [-0.2, -0.15) is 0 Å². The van der Waals surface area contributed by atoms with Crippen molar-refractivity contribution in [1.29, 1.82) is 0 Å². The molecule has 108 valence electrons. The number of hydrogen-bond acceptors (Lipinski definition) is 2. The van der Waals surface area contributed by atoms with E-state index in [1.165, 1.54) is 0 Å². The third kappa shape index (κ3) is 2.23. The maximum Gasteiger partial charge on any atom is 0.249 e. The van der Waals surface area contributed by atoms with E-state index in [9.17, 15) is 4.79 Å². The highest BCUT2D eigenvalue weighted by atomic mass is 127. The van der Waals surface area contributed by atoms with Gasteiger partial charge in [-0.25, -0.2) is 0 Å². The van der Waals surface area contributed by atoms with Crippen molar-refractivity contribution in [3.8, 4) is 11.1 Å². The standard InChI is InChI=1S/C17H9ClINO2/c18-10-4-5-14-13(7-10)16-17(22-14)12(8-15(21)20-16)9-2-1-3-11(19)6-9/h1-8H,(H,20,21). The van der Waals surface area contributed by atoms with Crippen LogP contribution in [0.25, 0.3) is 33.2 Å². The zero-order valence-corrected chi connectivity index (χ0v) is 14.1. The normalized spacial score (nSPS) is 11.4. The van der Waals surface area contributed by atoms with Crippen molar-refractivity contribution in [3.63, 3.8) is 0 Å². The molecular formula is C17H9ClINO2. The van der Waals surface area contributed by atoms with Gasteiger partial charge in [0, 0.05) is 25.6 Å². The van der Waals surface area contributed by atoms with Gasteiger partial charge in [0.2, 0.25) is 5.56 Å². The van der Waals surface area contributed by atoms with Crippen LogP contribution in [0.2, 0.25) is 5.02 Å². The third-order valence-electron chi connectivity index (χ3n) is 3.55. The van der Waals surface area contributed by atoms with Crippen LogP contribution in [0.4, 0.5) is 0 Å². The molecule has 0 bridgehead atoms. The lowest BCUT2D eigenvalue weighted by molar-refractivity contribution is 0.669. The van der Waals surface area contributed by atoms with Crippen LogP contribution >= 0.6 is 34.2 Å². The van der Waals surface area contributed by atoms with Crippen LogP contribution in [0.15, 0.2) is 57.7 Å². The zero-order valence-electron chi connectivity index (χ0n) is 11.2. The largest absolute Gasteiger partial charge is 0.454 e. The monoisotopic (exact) mass is 421 g/mol. The molecule has 3 nitrogen and oxygen atoms in total. The van der Waals surface area contributed by atoms with Gasteiger partial charge in [-0.15, -0.1) is 0 Å². The van der Waals surface area contributed by atoms with Crippen molar-refractivity contribution >= 4 is 56.3 Å². The minimum Gasteiger partial charge on any atom is -0.454 e. The second kappa shape index (κ2) is 5.14. The molecule has 2 aromatic carbocycles. The zero-order chi connectivity index (χ0) is 15.3. The molecule has 0 aliphatic heterocycles. The molecule has 0 fully saturated rings. The molecule has 22 heavy (non-hydrogen) atoms. The number of furan rings is 1. The van der Waals surface area contributed by atoms with E-state index in [0.717, 1.165) is 20.1 Å². The quantitative estimate of drug-likeness (QED) is 0.429. The number of aromatic amines is 1. The van der Waals surface area contributed by atoms with Crippen LogP contribution < -0.4 is 5.56 Å². The summed E-state index contributed by atoms with van der Waals surface area (Å²) in [6, 6.07) is 14.9. The molecule has 0 spiro atoms. The van der Waals surface area contributed by atoms with E-state index in [1.54, 1.807) is 18.2 Å². The van der Waals surface area contributed by atoms with Gasteiger partial charge < -0.3 is 9.40 Å². The fourth-order valence-corrected chi connectivity index (χ4v) is 3.33. The van der Waals surface area contributed by atoms with Gasteiger partial charge in [-0.3, -0.25) is 4.79 Å². The third-order valence-corrected chi connectivity index (χ3v) is 4.46. The Morgan fingerprint density at radius 3 is 2.77 bits per heavy atom. The van der Waals surface area contributed by atoms with E-state index < -0.39 is 0 Å². The Kier molecular flexibility index (Phi) is 3.23. The number of hydrogen-bond donors (Lipinski definition) is 1. The van der Waals surface area contributed by atoms with Crippen molar-refractivity contribution in [2.24, 2.45) is 0 Å². The van der Waals surface area contributed by atoms with E-state index in [2.05, 4.69) is 27.6 Å². The van der Waals surface area contributed by atoms with Gasteiger partial charge in [0.15, 0.2) is 5.58 Å². The summed E-state index contributed by atoms with van der Waals surface area (Å²) in [6.07, 6.45) is 0. The van der Waals surface area contributed by atoms with Gasteiger partial charge in [0.05, 0.1) is 5.52 Å². The summed E-state index contributed by atoms with van der Waals surface area (Å²) < 4.78 is 7.06. The Morgan fingerprint density at radius 1 is 1.09 bits per heavy atom. The van der Waals surface area contributed by atoms with E-state index in [1.807, 2.05) is 30.3 Å². The van der Waals surface area contributed by atoms with Crippen LogP contribution in [0.3, 0.4) is 0 Å². The first kappa shape index (κ1) is 13.8. The summed E-state index contributed by atoms with van der Waals surface area (Å²) in [4.78, 5) is 14.9. The molecule has 4 aromatic rings. The average Bonchev–Trinajstić information content (AvgIpc) is 2.84. The first-order chi connectivity index (χ1) is 10.6. The number of nitrogens with one attached hydrogen (secondary N) is 1. The predicted octanol–water partition coefficient (Wildman–Crippen LogP) is 5.20. The smallest absolute Gasteiger partial charge is 0.249 e. The van der Waals surface area contributed by atoms with Gasteiger partial charge in [-0.1, -0.05) is 23.7 Å². The molecule has 0 atom stereocenters. The van der Waals surface area contributed by atoms with Crippen LogP contribution in [0.5, 0.6) is 0 Å². The number of fused-ring (bicyclic) bond motifs is 3. The van der Waals surface area contributed by atoms with Crippen LogP contribution in [0.1, 0.15) is 0 Å². The van der Waals surface area contributed by atoms with E-state index in [-0.39, 0.29) is 5.56 Å². The molecule has 1 N–H and O–H groups in total. The molecule has 0 saturated carbocycles. The Morgan fingerprint density at radius 2 is 1.95 bits per heavy atom. The molecule has 0 aliphatic rings. The molecule has 0 radical (unpaired) electrons. The highest BCUT2D eigenvalue weighted by molar-refractivity contribution is 14.1. The van der Waals surface area contributed by atoms with Gasteiger partial charge >= 0.3 is 0 Å². The lowest BCUT2D eigenvalue weighted by Crippen LogP contribution is -2.03. The maximum absolute atomic E-state index is 12.1. The number of H-pyrrole nitrogens is 1. The second-order valence-electron chi connectivity index (χ2n) is 5.00. The number of pyridine rings is 1. The van der Waals surface area contributed by atoms with Crippen molar-refractivity contribution in [2.75, 3.05) is 0 Å². The second-order valence-corrected chi connectivity index (χ2v) is 6.69. The summed E-state index contributed by atoms with van der Waals surface area (Å²) in [6.45, 7) is 0. The fourth-order valence-electron chi connectivity index (χ4n) is 2.61. The molecule has 0 unspecified atom stereocenters. The minimum atomic E-state index is -0.163. The molecule has 5 heteroatoms. The summed E-state index contributed by atoms with van der Waals surface area (Å²) in [7, 11) is 0. The van der Waals surface area contributed by atoms with Crippen LogP contribution in [-0.2, 0) is 0 Å². The maximum atomic E-state index is 12.1. The highest BCUT2D eigenvalue weighted by Gasteiger charge is 2.14. The Hall–Kier alpha value is -1.79. The summed E-state index contributed by atoms with van der Waals surface area (Å²) in [5.74, 6) is 0. The van der Waals surface area contributed by atoms with Crippen molar-refractivity contribution in [3.05, 3.63) is 67.5 Å². The Bertz CT molecular complexity index is 1080. The lowest BCUT2D eigenvalue weighted by Gasteiger charge is -2.02. The van der Waals surface area contributed by atoms with Gasteiger partial charge in [0.25, 0.3) is 0 Å². The van der Waals surface area contributed by atoms with Crippen molar-refractivity contribution in [1.82, 2.24) is 4.98 Å². The molecule has 0 aliphatic carbocycles. The van der Waals surface area contributed by atoms with Gasteiger partial charge in [-0.05, 0) is 58.5 Å². The summed E-state index contributed by atoms with van der Waals surface area (Å²) in [5.41, 5.74) is 3.62. The predicted molar refractivity (Wildman–Crippen MR) is 97.5 cm³/mol. The van der Waals surface area contributed by atoms with Gasteiger partial charge in [0.1, 0.15) is 5.58 Å². The number of rotatable bonds is 1. The van der Waals surface area contributed by atoms with E-state index >= 15 is 0 Å². The molecule has 2 heterocycles. The van der Waals surface area contributed by atoms with Crippen LogP contribution in [-0.4, -0.2) is 4.98 Å². The fraction of sp³-hybridized carbons (Fsp3) is 0. The topological polar surface area (TPSA) is 46.0 Å². The average molecular weight is 422 g/mol. The van der Waals surface area contributed by atoms with Crippen molar-refractivity contribution in [2.45, 2.75) is 0 Å². The Balaban J connectivity index is 2.15. The Labute approximate surface area is 144 Å². The van der Waals surface area contributed by atoms with E-state index in [4.69, 9.17) is 16.0 Å². The first-order valence-corrected chi connectivity index (χ1v) is 8.08. The van der Waals surface area contributed by atoms with Crippen LogP contribution in [0, 0.1) is 3.57 Å². The highest BCUT2D eigenvalue weighted by Crippen LogP contribution is 2.34. The summed E-state index contributed by atoms with van der Waals surface area (Å²) in [5, 5.41) is 1.42. The number of aromatic nitrogens is 1. The molecule has 0 amide bonds. The molecule has 0 saturated heterocycles. The summed E-state index contributed by atoms with van der Waals surface area (Å²) >= 11 is 8.31.